The molecule has 3 bridgehead atoms. The molecule has 3 N–H and O–H groups in total. The van der Waals surface area contributed by atoms with Crippen molar-refractivity contribution in [2.75, 3.05) is 0 Å². The van der Waals surface area contributed by atoms with Crippen LogP contribution in [0.4, 0.5) is 0 Å². The zero-order valence-electron chi connectivity index (χ0n) is 7.42. The summed E-state index contributed by atoms with van der Waals surface area (Å²) in [6, 6.07) is 0. The standard InChI is InChI=1S/C10H17NO/c11-10-2-1-9(12)4-7(5-10)3-8(10)6-9/h7-8,12H,1-6,11H2. The molecule has 0 radical (unpaired) electrons. The smallest absolute Gasteiger partial charge is 0.0654 e. The summed E-state index contributed by atoms with van der Waals surface area (Å²) in [7, 11) is 0. The van der Waals surface area contributed by atoms with Crippen LogP contribution in [0.2, 0.25) is 0 Å². The third kappa shape index (κ3) is 0.775. The number of hydrogen-bond acceptors (Lipinski definition) is 2. The minimum atomic E-state index is -0.313. The second-order valence-corrected chi connectivity index (χ2v) is 5.37. The Morgan fingerprint density at radius 3 is 2.83 bits per heavy atom. The Labute approximate surface area is 73.1 Å². The van der Waals surface area contributed by atoms with Crippen LogP contribution in [0.15, 0.2) is 0 Å². The Morgan fingerprint density at radius 1 is 1.17 bits per heavy atom. The van der Waals surface area contributed by atoms with E-state index in [-0.39, 0.29) is 11.1 Å². The first kappa shape index (κ1) is 7.34. The first-order valence-corrected chi connectivity index (χ1v) is 5.11. The number of nitrogens with two attached hydrogens (primary N) is 1. The predicted octanol–water partition coefficient (Wildman–Crippen LogP) is 1.03. The third-order valence-corrected chi connectivity index (χ3v) is 4.45. The van der Waals surface area contributed by atoms with Gasteiger partial charge in [0, 0.05) is 5.54 Å². The molecule has 0 aromatic rings. The molecule has 12 heavy (non-hydrogen) atoms. The Morgan fingerprint density at radius 2 is 2.00 bits per heavy atom. The van der Waals surface area contributed by atoms with Crippen LogP contribution in [0.3, 0.4) is 0 Å². The molecule has 3 aliphatic rings. The molecule has 0 spiro atoms. The second-order valence-electron chi connectivity index (χ2n) is 5.37. The molecule has 3 aliphatic carbocycles. The second kappa shape index (κ2) is 1.88. The van der Waals surface area contributed by atoms with E-state index in [1.807, 2.05) is 0 Å². The van der Waals surface area contributed by atoms with E-state index in [1.165, 1.54) is 12.8 Å². The normalized spacial score (nSPS) is 62.5. The molecule has 68 valence electrons. The molecular formula is C10H17NO. The van der Waals surface area contributed by atoms with Gasteiger partial charge < -0.3 is 10.8 Å². The summed E-state index contributed by atoms with van der Waals surface area (Å²) < 4.78 is 0. The van der Waals surface area contributed by atoms with Gasteiger partial charge in [0.15, 0.2) is 0 Å². The lowest BCUT2D eigenvalue weighted by atomic mass is 9.67. The average molecular weight is 167 g/mol. The zero-order valence-corrected chi connectivity index (χ0v) is 7.42. The van der Waals surface area contributed by atoms with Gasteiger partial charge in [-0.1, -0.05) is 0 Å². The molecule has 3 rings (SSSR count). The highest BCUT2D eigenvalue weighted by Crippen LogP contribution is 2.57. The van der Waals surface area contributed by atoms with Gasteiger partial charge >= 0.3 is 0 Å². The number of rotatable bonds is 0. The lowest BCUT2D eigenvalue weighted by Gasteiger charge is -2.45. The fourth-order valence-corrected chi connectivity index (χ4v) is 3.92. The molecule has 4 unspecified atom stereocenters. The lowest BCUT2D eigenvalue weighted by Crippen LogP contribution is -2.51. The average Bonchev–Trinajstić information content (AvgIpc) is 2.14. The van der Waals surface area contributed by atoms with Crippen LogP contribution >= 0.6 is 0 Å². The summed E-state index contributed by atoms with van der Waals surface area (Å²) in [6.45, 7) is 0. The summed E-state index contributed by atoms with van der Waals surface area (Å²) in [6.07, 6.45) is 6.50. The van der Waals surface area contributed by atoms with Gasteiger partial charge in [0.25, 0.3) is 0 Å². The zero-order chi connectivity index (χ0) is 8.40. The number of hydrogen-bond donors (Lipinski definition) is 2. The van der Waals surface area contributed by atoms with Crippen LogP contribution < -0.4 is 5.73 Å². The van der Waals surface area contributed by atoms with Crippen molar-refractivity contribution in [2.45, 2.75) is 49.7 Å². The van der Waals surface area contributed by atoms with Crippen molar-refractivity contribution in [1.29, 1.82) is 0 Å². The van der Waals surface area contributed by atoms with Gasteiger partial charge in [0.2, 0.25) is 0 Å². The monoisotopic (exact) mass is 167 g/mol. The number of aliphatic hydroxyl groups is 1. The van der Waals surface area contributed by atoms with E-state index >= 15 is 0 Å². The van der Waals surface area contributed by atoms with Gasteiger partial charge in [-0.3, -0.25) is 0 Å². The molecule has 0 amide bonds. The van der Waals surface area contributed by atoms with E-state index in [0.29, 0.717) is 5.92 Å². The van der Waals surface area contributed by atoms with Gasteiger partial charge in [0.05, 0.1) is 5.60 Å². The van der Waals surface area contributed by atoms with Crippen LogP contribution in [0.1, 0.15) is 38.5 Å². The van der Waals surface area contributed by atoms with Crippen molar-refractivity contribution in [3.8, 4) is 0 Å². The van der Waals surface area contributed by atoms with E-state index in [4.69, 9.17) is 5.73 Å². The van der Waals surface area contributed by atoms with E-state index in [0.717, 1.165) is 31.6 Å². The van der Waals surface area contributed by atoms with Crippen molar-refractivity contribution in [3.63, 3.8) is 0 Å². The maximum Gasteiger partial charge on any atom is 0.0654 e. The van der Waals surface area contributed by atoms with Crippen molar-refractivity contribution in [3.05, 3.63) is 0 Å². The van der Waals surface area contributed by atoms with Gasteiger partial charge in [-0.15, -0.1) is 0 Å². The maximum absolute atomic E-state index is 10.2. The highest BCUT2D eigenvalue weighted by atomic mass is 16.3. The van der Waals surface area contributed by atoms with Crippen molar-refractivity contribution in [1.82, 2.24) is 0 Å². The maximum atomic E-state index is 10.2. The number of fused-ring (bicyclic) bond motifs is 2. The molecule has 0 aromatic carbocycles. The summed E-state index contributed by atoms with van der Waals surface area (Å²) in [5.41, 5.74) is 6.14. The first-order valence-electron chi connectivity index (χ1n) is 5.11. The Kier molecular flexibility index (Phi) is 1.15. The minimum Gasteiger partial charge on any atom is -0.390 e. The molecule has 3 saturated carbocycles. The molecular weight excluding hydrogens is 150 g/mol. The lowest BCUT2D eigenvalue weighted by molar-refractivity contribution is -0.0554. The highest BCUT2D eigenvalue weighted by molar-refractivity contribution is 5.12. The van der Waals surface area contributed by atoms with Crippen LogP contribution in [0.25, 0.3) is 0 Å². The van der Waals surface area contributed by atoms with Crippen LogP contribution in [-0.2, 0) is 0 Å². The summed E-state index contributed by atoms with van der Waals surface area (Å²) in [5, 5.41) is 10.2. The van der Waals surface area contributed by atoms with E-state index in [9.17, 15) is 5.11 Å². The molecule has 2 nitrogen and oxygen atoms in total. The largest absolute Gasteiger partial charge is 0.390 e. The molecule has 3 fully saturated rings. The Balaban J connectivity index is 2.01. The third-order valence-electron chi connectivity index (χ3n) is 4.45. The Bertz CT molecular complexity index is 228. The summed E-state index contributed by atoms with van der Waals surface area (Å²) >= 11 is 0. The van der Waals surface area contributed by atoms with Crippen LogP contribution in [-0.4, -0.2) is 16.2 Å². The Hall–Kier alpha value is -0.0800. The van der Waals surface area contributed by atoms with Gasteiger partial charge in [-0.2, -0.15) is 0 Å². The quantitative estimate of drug-likeness (QED) is 0.566. The van der Waals surface area contributed by atoms with E-state index in [1.54, 1.807) is 0 Å². The molecule has 0 aliphatic heterocycles. The summed E-state index contributed by atoms with van der Waals surface area (Å²) in [5.74, 6) is 1.37. The molecule has 4 atom stereocenters. The van der Waals surface area contributed by atoms with E-state index in [2.05, 4.69) is 0 Å². The molecule has 0 saturated heterocycles. The molecule has 0 heterocycles. The minimum absolute atomic E-state index is 0.118. The topological polar surface area (TPSA) is 46.2 Å². The van der Waals surface area contributed by atoms with Gasteiger partial charge in [0.1, 0.15) is 0 Å². The first-order chi connectivity index (χ1) is 5.60. The van der Waals surface area contributed by atoms with E-state index < -0.39 is 0 Å². The molecule has 0 aromatic heterocycles. The van der Waals surface area contributed by atoms with Crippen molar-refractivity contribution < 1.29 is 5.11 Å². The van der Waals surface area contributed by atoms with Crippen molar-refractivity contribution >= 4 is 0 Å². The summed E-state index contributed by atoms with van der Waals surface area (Å²) in [4.78, 5) is 0. The molecule has 2 heteroatoms. The van der Waals surface area contributed by atoms with Crippen LogP contribution in [0.5, 0.6) is 0 Å². The van der Waals surface area contributed by atoms with Gasteiger partial charge in [-0.05, 0) is 50.4 Å². The highest BCUT2D eigenvalue weighted by Gasteiger charge is 2.56. The fourth-order valence-electron chi connectivity index (χ4n) is 3.92. The predicted molar refractivity (Wildman–Crippen MR) is 46.6 cm³/mol. The van der Waals surface area contributed by atoms with Crippen molar-refractivity contribution in [2.24, 2.45) is 17.6 Å². The fraction of sp³-hybridized carbons (Fsp3) is 1.00. The van der Waals surface area contributed by atoms with Crippen LogP contribution in [0, 0.1) is 11.8 Å². The van der Waals surface area contributed by atoms with Gasteiger partial charge in [-0.25, -0.2) is 0 Å². The SMILES string of the molecule is NC12CCC3(O)CC(CC1C3)C2.